The normalized spacial score (nSPS) is 14.7. The fraction of sp³-hybridized carbons (Fsp3) is 0.300. The zero-order valence-corrected chi connectivity index (χ0v) is 16.8. The van der Waals surface area contributed by atoms with E-state index < -0.39 is 0 Å². The van der Waals surface area contributed by atoms with Gasteiger partial charge in [-0.25, -0.2) is 4.31 Å². The fourth-order valence-corrected chi connectivity index (χ4v) is 4.14. The molecule has 0 aromatic heterocycles. The van der Waals surface area contributed by atoms with Crippen LogP contribution in [-0.2, 0) is 4.79 Å². The van der Waals surface area contributed by atoms with Gasteiger partial charge in [0.1, 0.15) is 11.5 Å². The summed E-state index contributed by atoms with van der Waals surface area (Å²) < 4.78 is 8.25. The predicted molar refractivity (Wildman–Crippen MR) is 107 cm³/mol. The van der Waals surface area contributed by atoms with E-state index in [1.54, 1.807) is 31.0 Å². The quantitative estimate of drug-likeness (QED) is 0.707. The largest absolute Gasteiger partial charge is 0.456 e. The Morgan fingerprint density at radius 3 is 2.56 bits per heavy atom. The molecule has 27 heavy (non-hydrogen) atoms. The van der Waals surface area contributed by atoms with Gasteiger partial charge in [-0.2, -0.15) is 5.26 Å². The molecule has 140 valence electrons. The average Bonchev–Trinajstić information content (AvgIpc) is 2.62. The summed E-state index contributed by atoms with van der Waals surface area (Å²) in [6.45, 7) is 6.47. The predicted octanol–water partition coefficient (Wildman–Crippen LogP) is 4.48. The SMILES string of the molecule is CC(=O)N1CCN(Sc2cc(C#N)ccc2Oc2cc(C)cc(Cl)c2)CC1. The maximum Gasteiger partial charge on any atom is 0.219 e. The number of amides is 1. The first-order valence-electron chi connectivity index (χ1n) is 8.62. The van der Waals surface area contributed by atoms with Crippen molar-refractivity contribution in [3.63, 3.8) is 0 Å². The summed E-state index contributed by atoms with van der Waals surface area (Å²) in [5, 5.41) is 9.86. The molecule has 1 fully saturated rings. The number of piperazine rings is 1. The van der Waals surface area contributed by atoms with E-state index in [9.17, 15) is 10.1 Å². The number of benzene rings is 2. The Kier molecular flexibility index (Phi) is 6.27. The Bertz CT molecular complexity index is 869. The van der Waals surface area contributed by atoms with Gasteiger partial charge in [-0.05, 0) is 60.8 Å². The van der Waals surface area contributed by atoms with Crippen molar-refractivity contribution in [1.29, 1.82) is 5.26 Å². The van der Waals surface area contributed by atoms with Crippen molar-refractivity contribution in [2.75, 3.05) is 26.2 Å². The summed E-state index contributed by atoms with van der Waals surface area (Å²) in [6.07, 6.45) is 0. The second-order valence-electron chi connectivity index (χ2n) is 6.37. The molecule has 0 saturated carbocycles. The summed E-state index contributed by atoms with van der Waals surface area (Å²) in [5.41, 5.74) is 1.59. The molecule has 2 aromatic rings. The molecule has 0 bridgehead atoms. The molecule has 0 aliphatic carbocycles. The summed E-state index contributed by atoms with van der Waals surface area (Å²) >= 11 is 7.68. The smallest absolute Gasteiger partial charge is 0.219 e. The highest BCUT2D eigenvalue weighted by Crippen LogP contribution is 2.36. The van der Waals surface area contributed by atoms with E-state index in [-0.39, 0.29) is 5.91 Å². The van der Waals surface area contributed by atoms with Crippen molar-refractivity contribution in [3.8, 4) is 17.6 Å². The van der Waals surface area contributed by atoms with E-state index in [0.29, 0.717) is 35.2 Å². The molecule has 0 radical (unpaired) electrons. The molecule has 1 aliphatic heterocycles. The zero-order chi connectivity index (χ0) is 19.4. The number of ether oxygens (including phenoxy) is 1. The molecular formula is C20H20ClN3O2S. The first-order valence-corrected chi connectivity index (χ1v) is 9.77. The van der Waals surface area contributed by atoms with Crippen LogP contribution >= 0.6 is 23.5 Å². The van der Waals surface area contributed by atoms with Crippen LogP contribution in [0.3, 0.4) is 0 Å². The maximum absolute atomic E-state index is 11.5. The van der Waals surface area contributed by atoms with Crippen LogP contribution in [0.15, 0.2) is 41.3 Å². The molecule has 3 rings (SSSR count). The van der Waals surface area contributed by atoms with E-state index in [0.717, 1.165) is 23.5 Å². The number of carbonyl (C=O) groups excluding carboxylic acids is 1. The first-order chi connectivity index (χ1) is 12.9. The minimum Gasteiger partial charge on any atom is -0.456 e. The molecule has 0 atom stereocenters. The van der Waals surface area contributed by atoms with E-state index in [4.69, 9.17) is 16.3 Å². The molecule has 0 unspecified atom stereocenters. The molecular weight excluding hydrogens is 382 g/mol. The van der Waals surface area contributed by atoms with Crippen LogP contribution in [0, 0.1) is 18.3 Å². The second-order valence-corrected chi connectivity index (χ2v) is 7.94. The summed E-state index contributed by atoms with van der Waals surface area (Å²) in [7, 11) is 0. The van der Waals surface area contributed by atoms with E-state index in [2.05, 4.69) is 10.4 Å². The van der Waals surface area contributed by atoms with Gasteiger partial charge in [-0.15, -0.1) is 0 Å². The van der Waals surface area contributed by atoms with Crippen LogP contribution < -0.4 is 4.74 Å². The Labute approximate surface area is 168 Å². The van der Waals surface area contributed by atoms with E-state index in [1.165, 1.54) is 0 Å². The summed E-state index contributed by atoms with van der Waals surface area (Å²) in [6, 6.07) is 13.1. The molecule has 7 heteroatoms. The highest BCUT2D eigenvalue weighted by molar-refractivity contribution is 7.97. The van der Waals surface area contributed by atoms with Gasteiger partial charge >= 0.3 is 0 Å². The van der Waals surface area contributed by atoms with Gasteiger partial charge in [-0.1, -0.05) is 11.6 Å². The fourth-order valence-electron chi connectivity index (χ4n) is 2.86. The minimum atomic E-state index is 0.103. The number of nitrogens with zero attached hydrogens (tertiary/aromatic N) is 3. The molecule has 1 heterocycles. The lowest BCUT2D eigenvalue weighted by Gasteiger charge is -2.33. The highest BCUT2D eigenvalue weighted by atomic mass is 35.5. The van der Waals surface area contributed by atoms with Gasteiger partial charge in [0.15, 0.2) is 0 Å². The number of aryl methyl sites for hydroxylation is 1. The zero-order valence-electron chi connectivity index (χ0n) is 15.2. The van der Waals surface area contributed by atoms with Crippen molar-refractivity contribution >= 4 is 29.5 Å². The third kappa shape index (κ3) is 5.16. The van der Waals surface area contributed by atoms with Crippen LogP contribution in [0.1, 0.15) is 18.1 Å². The Morgan fingerprint density at radius 2 is 1.93 bits per heavy atom. The highest BCUT2D eigenvalue weighted by Gasteiger charge is 2.21. The molecule has 2 aromatic carbocycles. The van der Waals surface area contributed by atoms with Crippen molar-refractivity contribution < 1.29 is 9.53 Å². The van der Waals surface area contributed by atoms with Crippen LogP contribution in [0.5, 0.6) is 11.5 Å². The Balaban J connectivity index is 1.79. The number of rotatable bonds is 4. The first kappa shape index (κ1) is 19.6. The van der Waals surface area contributed by atoms with Crippen molar-refractivity contribution in [2.45, 2.75) is 18.7 Å². The van der Waals surface area contributed by atoms with Crippen molar-refractivity contribution in [1.82, 2.24) is 9.21 Å². The topological polar surface area (TPSA) is 56.6 Å². The van der Waals surface area contributed by atoms with Crippen molar-refractivity contribution in [3.05, 3.63) is 52.5 Å². The van der Waals surface area contributed by atoms with Crippen LogP contribution in [-0.4, -0.2) is 41.3 Å². The second kappa shape index (κ2) is 8.66. The van der Waals surface area contributed by atoms with E-state index in [1.807, 2.05) is 36.1 Å². The number of carbonyl (C=O) groups is 1. The van der Waals surface area contributed by atoms with E-state index >= 15 is 0 Å². The molecule has 5 nitrogen and oxygen atoms in total. The molecule has 1 saturated heterocycles. The van der Waals surface area contributed by atoms with Crippen LogP contribution in [0.2, 0.25) is 5.02 Å². The number of hydrogen-bond donors (Lipinski definition) is 0. The van der Waals surface area contributed by atoms with Gasteiger partial charge in [0.05, 0.1) is 16.5 Å². The molecule has 1 aliphatic rings. The average molecular weight is 402 g/mol. The Hall–Kier alpha value is -2.20. The minimum absolute atomic E-state index is 0.103. The van der Waals surface area contributed by atoms with Crippen molar-refractivity contribution in [2.24, 2.45) is 0 Å². The van der Waals surface area contributed by atoms with Crippen LogP contribution in [0.25, 0.3) is 0 Å². The summed E-state index contributed by atoms with van der Waals surface area (Å²) in [4.78, 5) is 14.2. The van der Waals surface area contributed by atoms with Gasteiger partial charge in [-0.3, -0.25) is 4.79 Å². The lowest BCUT2D eigenvalue weighted by Crippen LogP contribution is -2.45. The van der Waals surface area contributed by atoms with Gasteiger partial charge in [0, 0.05) is 38.1 Å². The lowest BCUT2D eigenvalue weighted by molar-refractivity contribution is -0.129. The molecule has 1 amide bonds. The van der Waals surface area contributed by atoms with Gasteiger partial charge in [0.25, 0.3) is 0 Å². The number of hydrogen-bond acceptors (Lipinski definition) is 5. The molecule has 0 spiro atoms. The standard InChI is InChI=1S/C20H20ClN3O2S/c1-14-9-17(21)12-18(10-14)26-19-4-3-16(13-22)11-20(19)27-24-7-5-23(6-8-24)15(2)25/h3-4,9-12H,5-8H2,1-2H3. The van der Waals surface area contributed by atoms with Crippen LogP contribution in [0.4, 0.5) is 0 Å². The summed E-state index contributed by atoms with van der Waals surface area (Å²) in [5.74, 6) is 1.44. The maximum atomic E-state index is 11.5. The third-order valence-electron chi connectivity index (χ3n) is 4.23. The monoisotopic (exact) mass is 401 g/mol. The third-order valence-corrected chi connectivity index (χ3v) is 5.58. The Morgan fingerprint density at radius 1 is 1.19 bits per heavy atom. The van der Waals surface area contributed by atoms with Gasteiger partial charge < -0.3 is 9.64 Å². The molecule has 0 N–H and O–H groups in total. The number of halogens is 1. The lowest BCUT2D eigenvalue weighted by atomic mass is 10.2. The number of nitriles is 1. The van der Waals surface area contributed by atoms with Gasteiger partial charge in [0.2, 0.25) is 5.91 Å².